The Labute approximate surface area is 126 Å². The molecule has 0 atom stereocenters. The number of hydrogen-bond acceptors (Lipinski definition) is 2. The molecule has 0 saturated heterocycles. The zero-order valence-electron chi connectivity index (χ0n) is 10.7. The Kier molecular flexibility index (Phi) is 4.53. The second-order valence-electron chi connectivity index (χ2n) is 4.31. The lowest BCUT2D eigenvalue weighted by molar-refractivity contribution is 0.0692. The van der Waals surface area contributed by atoms with Crippen molar-refractivity contribution in [3.8, 4) is 5.75 Å². The predicted octanol–water partition coefficient (Wildman–Crippen LogP) is 4.58. The molecule has 0 bridgehead atoms. The van der Waals surface area contributed by atoms with Crippen molar-refractivity contribution in [2.24, 2.45) is 0 Å². The van der Waals surface area contributed by atoms with Gasteiger partial charge in [0.25, 0.3) is 0 Å². The highest BCUT2D eigenvalue weighted by molar-refractivity contribution is 6.32. The van der Waals surface area contributed by atoms with E-state index in [0.717, 1.165) is 11.1 Å². The average Bonchev–Trinajstić information content (AvgIpc) is 2.38. The molecule has 2 rings (SSSR count). The van der Waals surface area contributed by atoms with Crippen LogP contribution in [0.5, 0.6) is 5.75 Å². The largest absolute Gasteiger partial charge is 0.486 e. The Morgan fingerprint density at radius 1 is 1.20 bits per heavy atom. The molecular formula is C15H12Cl2O3. The summed E-state index contributed by atoms with van der Waals surface area (Å²) < 4.78 is 5.54. The van der Waals surface area contributed by atoms with E-state index in [1.54, 1.807) is 12.1 Å². The van der Waals surface area contributed by atoms with Gasteiger partial charge >= 0.3 is 5.97 Å². The second-order valence-corrected chi connectivity index (χ2v) is 5.12. The third-order valence-electron chi connectivity index (χ3n) is 2.78. The lowest BCUT2D eigenvalue weighted by Gasteiger charge is -2.12. The summed E-state index contributed by atoms with van der Waals surface area (Å²) in [5, 5.41) is 9.95. The van der Waals surface area contributed by atoms with Gasteiger partial charge in [-0.15, -0.1) is 0 Å². The number of halogens is 2. The van der Waals surface area contributed by atoms with Crippen molar-refractivity contribution in [3.63, 3.8) is 0 Å². The highest BCUT2D eigenvalue weighted by atomic mass is 35.5. The van der Waals surface area contributed by atoms with Crippen LogP contribution in [0.2, 0.25) is 10.0 Å². The van der Waals surface area contributed by atoms with E-state index in [9.17, 15) is 4.79 Å². The summed E-state index contributed by atoms with van der Waals surface area (Å²) in [7, 11) is 0. The molecular weight excluding hydrogens is 299 g/mol. The van der Waals surface area contributed by atoms with Crippen LogP contribution in [0.1, 0.15) is 21.5 Å². The van der Waals surface area contributed by atoms with Crippen molar-refractivity contribution in [2.75, 3.05) is 0 Å². The Hall–Kier alpha value is -1.71. The number of aromatic carboxylic acids is 1. The molecule has 0 heterocycles. The molecule has 0 saturated carbocycles. The average molecular weight is 311 g/mol. The number of carboxylic acids is 1. The van der Waals surface area contributed by atoms with Crippen LogP contribution in [0.3, 0.4) is 0 Å². The first-order valence-electron chi connectivity index (χ1n) is 5.88. The first-order valence-corrected chi connectivity index (χ1v) is 6.64. The number of para-hydroxylation sites is 1. The maximum Gasteiger partial charge on any atom is 0.339 e. The number of aryl methyl sites for hydroxylation is 1. The molecule has 2 aromatic rings. The monoisotopic (exact) mass is 310 g/mol. The number of carbonyl (C=O) groups is 1. The zero-order valence-corrected chi connectivity index (χ0v) is 12.2. The molecule has 0 amide bonds. The summed E-state index contributed by atoms with van der Waals surface area (Å²) in [6.07, 6.45) is 0. The van der Waals surface area contributed by atoms with Crippen molar-refractivity contribution < 1.29 is 14.6 Å². The normalized spacial score (nSPS) is 10.3. The first kappa shape index (κ1) is 14.7. The minimum Gasteiger partial charge on any atom is -0.486 e. The Bertz CT molecular complexity index is 654. The minimum atomic E-state index is -1.09. The van der Waals surface area contributed by atoms with Gasteiger partial charge < -0.3 is 9.84 Å². The van der Waals surface area contributed by atoms with Crippen molar-refractivity contribution in [1.29, 1.82) is 0 Å². The maximum absolute atomic E-state index is 11.1. The van der Waals surface area contributed by atoms with Crippen molar-refractivity contribution in [1.82, 2.24) is 0 Å². The van der Waals surface area contributed by atoms with E-state index in [0.29, 0.717) is 5.02 Å². The third kappa shape index (κ3) is 3.24. The highest BCUT2D eigenvalue weighted by Gasteiger charge is 2.15. The molecule has 0 radical (unpaired) electrons. The van der Waals surface area contributed by atoms with Crippen LogP contribution in [-0.4, -0.2) is 11.1 Å². The smallest absolute Gasteiger partial charge is 0.339 e. The summed E-state index contributed by atoms with van der Waals surface area (Å²) in [5.41, 5.74) is 1.84. The van der Waals surface area contributed by atoms with Gasteiger partial charge in [-0.3, -0.25) is 0 Å². The SMILES string of the molecule is Cc1ccc(COc2c(Cl)cccc2C(=O)O)c(Cl)c1. The van der Waals surface area contributed by atoms with Crippen LogP contribution in [0.15, 0.2) is 36.4 Å². The van der Waals surface area contributed by atoms with E-state index in [4.69, 9.17) is 33.0 Å². The number of rotatable bonds is 4. The third-order valence-corrected chi connectivity index (χ3v) is 3.43. The fourth-order valence-corrected chi connectivity index (χ4v) is 2.26. The van der Waals surface area contributed by atoms with Crippen LogP contribution in [0.4, 0.5) is 0 Å². The second kappa shape index (κ2) is 6.16. The summed E-state index contributed by atoms with van der Waals surface area (Å²) in [4.78, 5) is 11.1. The molecule has 5 heteroatoms. The Balaban J connectivity index is 2.25. The molecule has 0 aromatic heterocycles. The molecule has 0 aliphatic rings. The molecule has 20 heavy (non-hydrogen) atoms. The topological polar surface area (TPSA) is 46.5 Å². The van der Waals surface area contributed by atoms with Gasteiger partial charge in [0, 0.05) is 10.6 Å². The van der Waals surface area contributed by atoms with Crippen molar-refractivity contribution >= 4 is 29.2 Å². The fourth-order valence-electron chi connectivity index (χ4n) is 1.74. The number of benzene rings is 2. The van der Waals surface area contributed by atoms with Crippen LogP contribution in [-0.2, 0) is 6.61 Å². The van der Waals surface area contributed by atoms with E-state index in [1.165, 1.54) is 6.07 Å². The van der Waals surface area contributed by atoms with E-state index in [-0.39, 0.29) is 22.9 Å². The maximum atomic E-state index is 11.1. The van der Waals surface area contributed by atoms with Gasteiger partial charge in [0.2, 0.25) is 0 Å². The minimum absolute atomic E-state index is 0.0285. The fraction of sp³-hybridized carbons (Fsp3) is 0.133. The summed E-state index contributed by atoms with van der Waals surface area (Å²) >= 11 is 12.1. The van der Waals surface area contributed by atoms with Gasteiger partial charge in [-0.1, -0.05) is 41.4 Å². The van der Waals surface area contributed by atoms with E-state index in [2.05, 4.69) is 0 Å². The molecule has 0 fully saturated rings. The Morgan fingerprint density at radius 2 is 1.95 bits per heavy atom. The van der Waals surface area contributed by atoms with Crippen LogP contribution >= 0.6 is 23.2 Å². The van der Waals surface area contributed by atoms with E-state index in [1.807, 2.05) is 25.1 Å². The summed E-state index contributed by atoms with van der Waals surface area (Å²) in [5.74, 6) is -0.934. The molecule has 0 aliphatic carbocycles. The molecule has 3 nitrogen and oxygen atoms in total. The van der Waals surface area contributed by atoms with E-state index >= 15 is 0 Å². The molecule has 2 aromatic carbocycles. The van der Waals surface area contributed by atoms with Gasteiger partial charge in [0.05, 0.1) is 5.02 Å². The predicted molar refractivity (Wildman–Crippen MR) is 78.9 cm³/mol. The lowest BCUT2D eigenvalue weighted by atomic mass is 10.1. The number of ether oxygens (including phenoxy) is 1. The van der Waals surface area contributed by atoms with Crippen molar-refractivity contribution in [3.05, 3.63) is 63.1 Å². The lowest BCUT2D eigenvalue weighted by Crippen LogP contribution is -2.04. The molecule has 104 valence electrons. The quantitative estimate of drug-likeness (QED) is 0.899. The van der Waals surface area contributed by atoms with Gasteiger partial charge in [-0.2, -0.15) is 0 Å². The van der Waals surface area contributed by atoms with Gasteiger partial charge in [-0.25, -0.2) is 4.79 Å². The van der Waals surface area contributed by atoms with Crippen LogP contribution < -0.4 is 4.74 Å². The van der Waals surface area contributed by atoms with Gasteiger partial charge in [0.1, 0.15) is 12.2 Å². The summed E-state index contributed by atoms with van der Waals surface area (Å²) in [6.45, 7) is 2.09. The van der Waals surface area contributed by atoms with Gasteiger partial charge in [-0.05, 0) is 30.7 Å². The Morgan fingerprint density at radius 3 is 2.60 bits per heavy atom. The summed E-state index contributed by atoms with van der Waals surface area (Å²) in [6, 6.07) is 10.2. The van der Waals surface area contributed by atoms with E-state index < -0.39 is 5.97 Å². The molecule has 0 aliphatic heterocycles. The van der Waals surface area contributed by atoms with Crippen molar-refractivity contribution in [2.45, 2.75) is 13.5 Å². The van der Waals surface area contributed by atoms with Gasteiger partial charge in [0.15, 0.2) is 5.75 Å². The first-order chi connectivity index (χ1) is 9.49. The molecule has 0 unspecified atom stereocenters. The molecule has 0 spiro atoms. The number of carboxylic acid groups (broad SMARTS) is 1. The zero-order chi connectivity index (χ0) is 14.7. The standard InChI is InChI=1S/C15H12Cl2O3/c1-9-5-6-10(13(17)7-9)8-20-14-11(15(18)19)3-2-4-12(14)16/h2-7H,8H2,1H3,(H,18,19). The van der Waals surface area contributed by atoms with Crippen LogP contribution in [0.25, 0.3) is 0 Å². The van der Waals surface area contributed by atoms with Crippen LogP contribution in [0, 0.1) is 6.92 Å². The highest BCUT2D eigenvalue weighted by Crippen LogP contribution is 2.30. The molecule has 1 N–H and O–H groups in total. The number of hydrogen-bond donors (Lipinski definition) is 1.